The van der Waals surface area contributed by atoms with Crippen molar-refractivity contribution < 1.29 is 0 Å². The Kier molecular flexibility index (Phi) is 2.66. The minimum absolute atomic E-state index is 1.00. The highest BCUT2D eigenvalue weighted by molar-refractivity contribution is 5.79. The summed E-state index contributed by atoms with van der Waals surface area (Å²) < 4.78 is 0. The lowest BCUT2D eigenvalue weighted by Crippen LogP contribution is -2.01. The largest absolute Gasteiger partial charge is 0.302 e. The normalized spacial score (nSPS) is 10.4. The number of benzene rings is 1. The molecule has 0 unspecified atom stereocenters. The minimum Gasteiger partial charge on any atom is -0.302 e. The molecule has 0 saturated heterocycles. The maximum Gasteiger partial charge on any atom is 0.118 e. The van der Waals surface area contributed by atoms with Gasteiger partial charge in [0.25, 0.3) is 0 Å². The fourth-order valence-corrected chi connectivity index (χ4v) is 0.670. The first kappa shape index (κ1) is 7.79. The highest BCUT2D eigenvalue weighted by Gasteiger charge is 1.84. The molecule has 0 N–H and O–H groups in total. The monoisotopic (exact) mass is 147 g/mol. The molecule has 0 aliphatic carbocycles. The van der Waals surface area contributed by atoms with Crippen LogP contribution in [0.5, 0.6) is 0 Å². The standard InChI is InChI=1S/C9H11N2/c1-11(2)10-8-9-6-4-3-5-7-9/h3-7H,1-2H3. The molecule has 1 rings (SSSR count). The molecule has 2 heteroatoms. The van der Waals surface area contributed by atoms with Gasteiger partial charge >= 0.3 is 0 Å². The van der Waals surface area contributed by atoms with Crippen molar-refractivity contribution >= 4 is 6.21 Å². The van der Waals surface area contributed by atoms with Gasteiger partial charge in [0.05, 0.1) is 0 Å². The average molecular weight is 147 g/mol. The summed E-state index contributed by atoms with van der Waals surface area (Å²) in [6.45, 7) is 0. The number of rotatable bonds is 2. The van der Waals surface area contributed by atoms with Crippen LogP contribution in [-0.2, 0) is 0 Å². The fourth-order valence-electron chi connectivity index (χ4n) is 0.670. The molecule has 1 aromatic rings. The summed E-state index contributed by atoms with van der Waals surface area (Å²) in [5.74, 6) is 0. The molecule has 1 radical (unpaired) electrons. The molecule has 0 aliphatic heterocycles. The molecule has 0 bridgehead atoms. The van der Waals surface area contributed by atoms with Crippen LogP contribution < -0.4 is 0 Å². The molecule has 0 spiro atoms. The second-order valence-electron chi connectivity index (χ2n) is 2.43. The van der Waals surface area contributed by atoms with E-state index in [2.05, 4.69) is 11.3 Å². The van der Waals surface area contributed by atoms with Crippen LogP contribution in [0.4, 0.5) is 0 Å². The number of hydrazone groups is 1. The Hall–Kier alpha value is -1.31. The molecule has 11 heavy (non-hydrogen) atoms. The topological polar surface area (TPSA) is 15.6 Å². The van der Waals surface area contributed by atoms with Crippen LogP contribution in [0.25, 0.3) is 0 Å². The number of hydrogen-bond donors (Lipinski definition) is 0. The molecule has 0 amide bonds. The summed E-state index contributed by atoms with van der Waals surface area (Å²) in [6, 6.07) is 9.84. The average Bonchev–Trinajstić information content (AvgIpc) is 2.03. The van der Waals surface area contributed by atoms with Crippen molar-refractivity contribution in [3.05, 3.63) is 35.9 Å². The Morgan fingerprint density at radius 1 is 1.18 bits per heavy atom. The lowest BCUT2D eigenvalue weighted by atomic mass is 10.2. The van der Waals surface area contributed by atoms with Crippen molar-refractivity contribution in [2.75, 3.05) is 14.1 Å². The van der Waals surface area contributed by atoms with E-state index in [0.717, 1.165) is 5.56 Å². The van der Waals surface area contributed by atoms with E-state index < -0.39 is 0 Å². The van der Waals surface area contributed by atoms with Gasteiger partial charge in [0, 0.05) is 19.7 Å². The molecule has 0 aromatic heterocycles. The summed E-state index contributed by atoms with van der Waals surface area (Å²) in [4.78, 5) is 0. The molecule has 0 fully saturated rings. The molecule has 0 aliphatic rings. The molecule has 0 heterocycles. The van der Waals surface area contributed by atoms with Crippen LogP contribution in [0.2, 0.25) is 0 Å². The predicted octanol–water partition coefficient (Wildman–Crippen LogP) is 1.46. The minimum atomic E-state index is 1.00. The van der Waals surface area contributed by atoms with Crippen molar-refractivity contribution in [3.8, 4) is 0 Å². The Morgan fingerprint density at radius 2 is 1.82 bits per heavy atom. The second-order valence-corrected chi connectivity index (χ2v) is 2.43. The fraction of sp³-hybridized carbons (Fsp3) is 0.222. The van der Waals surface area contributed by atoms with E-state index in [1.807, 2.05) is 44.4 Å². The summed E-state index contributed by atoms with van der Waals surface area (Å²) in [6.07, 6.45) is 2.90. The lowest BCUT2D eigenvalue weighted by molar-refractivity contribution is 0.440. The van der Waals surface area contributed by atoms with E-state index in [0.29, 0.717) is 0 Å². The summed E-state index contributed by atoms with van der Waals surface area (Å²) in [7, 11) is 3.74. The van der Waals surface area contributed by atoms with Gasteiger partial charge < -0.3 is 5.01 Å². The zero-order valence-corrected chi connectivity index (χ0v) is 6.78. The third-order valence-corrected chi connectivity index (χ3v) is 1.15. The van der Waals surface area contributed by atoms with Gasteiger partial charge in [-0.1, -0.05) is 30.3 Å². The van der Waals surface area contributed by atoms with E-state index in [4.69, 9.17) is 0 Å². The first-order valence-electron chi connectivity index (χ1n) is 3.48. The quantitative estimate of drug-likeness (QED) is 0.456. The van der Waals surface area contributed by atoms with E-state index in [1.54, 1.807) is 5.01 Å². The third-order valence-electron chi connectivity index (χ3n) is 1.15. The Bertz CT molecular complexity index is 227. The van der Waals surface area contributed by atoms with Crippen LogP contribution >= 0.6 is 0 Å². The van der Waals surface area contributed by atoms with E-state index in [9.17, 15) is 0 Å². The first-order chi connectivity index (χ1) is 5.29. The van der Waals surface area contributed by atoms with Crippen LogP contribution in [-0.4, -0.2) is 25.3 Å². The van der Waals surface area contributed by atoms with Gasteiger partial charge in [-0.25, -0.2) is 0 Å². The third kappa shape index (κ3) is 2.85. The molecular formula is C9H11N2. The maximum absolute atomic E-state index is 3.98. The smallest absolute Gasteiger partial charge is 0.118 e. The molecule has 2 nitrogen and oxygen atoms in total. The van der Waals surface area contributed by atoms with Gasteiger partial charge in [-0.15, -0.1) is 0 Å². The highest BCUT2D eigenvalue weighted by Crippen LogP contribution is 1.93. The molecule has 0 atom stereocenters. The van der Waals surface area contributed by atoms with Crippen LogP contribution in [0, 0.1) is 0 Å². The second kappa shape index (κ2) is 3.76. The zero-order chi connectivity index (χ0) is 8.10. The maximum atomic E-state index is 3.98. The number of hydrogen-bond acceptors (Lipinski definition) is 2. The summed E-state index contributed by atoms with van der Waals surface area (Å²) in [5.41, 5.74) is 1.00. The van der Waals surface area contributed by atoms with Gasteiger partial charge in [0.15, 0.2) is 0 Å². The Morgan fingerprint density at radius 3 is 2.36 bits per heavy atom. The summed E-state index contributed by atoms with van der Waals surface area (Å²) in [5, 5.41) is 5.69. The molecule has 1 aromatic carbocycles. The van der Waals surface area contributed by atoms with Crippen LogP contribution in [0.3, 0.4) is 0 Å². The van der Waals surface area contributed by atoms with E-state index in [1.165, 1.54) is 0 Å². The Labute approximate surface area is 67.2 Å². The molecule has 0 saturated carbocycles. The number of nitrogens with zero attached hydrogens (tertiary/aromatic N) is 2. The SMILES string of the molecule is CN(C)/N=[C]\c1ccccc1. The summed E-state index contributed by atoms with van der Waals surface area (Å²) >= 11 is 0. The van der Waals surface area contributed by atoms with Gasteiger partial charge in [-0.05, 0) is 0 Å². The van der Waals surface area contributed by atoms with Crippen LogP contribution in [0.1, 0.15) is 5.56 Å². The van der Waals surface area contributed by atoms with Gasteiger partial charge in [-0.2, -0.15) is 5.10 Å². The van der Waals surface area contributed by atoms with Crippen molar-refractivity contribution in [2.24, 2.45) is 5.10 Å². The van der Waals surface area contributed by atoms with Crippen LogP contribution in [0.15, 0.2) is 35.4 Å². The van der Waals surface area contributed by atoms with E-state index in [-0.39, 0.29) is 0 Å². The van der Waals surface area contributed by atoms with Crippen molar-refractivity contribution in [1.29, 1.82) is 0 Å². The van der Waals surface area contributed by atoms with Gasteiger partial charge in [0.1, 0.15) is 6.21 Å². The van der Waals surface area contributed by atoms with Gasteiger partial charge in [-0.3, -0.25) is 0 Å². The molecular weight excluding hydrogens is 136 g/mol. The zero-order valence-electron chi connectivity index (χ0n) is 6.78. The molecule has 57 valence electrons. The lowest BCUT2D eigenvalue weighted by Gasteiger charge is -2.00. The van der Waals surface area contributed by atoms with E-state index >= 15 is 0 Å². The van der Waals surface area contributed by atoms with Crippen molar-refractivity contribution in [1.82, 2.24) is 5.01 Å². The van der Waals surface area contributed by atoms with Crippen molar-refractivity contribution in [2.45, 2.75) is 0 Å². The first-order valence-corrected chi connectivity index (χ1v) is 3.48. The van der Waals surface area contributed by atoms with Crippen molar-refractivity contribution in [3.63, 3.8) is 0 Å². The predicted molar refractivity (Wildman–Crippen MR) is 46.7 cm³/mol. The highest BCUT2D eigenvalue weighted by atomic mass is 15.4. The van der Waals surface area contributed by atoms with Gasteiger partial charge in [0.2, 0.25) is 0 Å². The Balaban J connectivity index is 2.65.